The summed E-state index contributed by atoms with van der Waals surface area (Å²) in [4.78, 5) is 43.1. The molecule has 0 aliphatic carbocycles. The van der Waals surface area contributed by atoms with E-state index < -0.39 is 29.3 Å². The van der Waals surface area contributed by atoms with E-state index in [-0.39, 0.29) is 23.8 Å². The molecule has 0 aliphatic heterocycles. The monoisotopic (exact) mass is 545 g/mol. The van der Waals surface area contributed by atoms with E-state index in [0.717, 1.165) is 29.5 Å². The molecule has 3 amide bonds. The number of nitrogens with one attached hydrogen (secondary N) is 2. The molecule has 4 atom stereocenters. The number of hydrogen-bond acceptors (Lipinski definition) is 4. The van der Waals surface area contributed by atoms with E-state index in [0.29, 0.717) is 12.3 Å². The Labute approximate surface area is 237 Å². The van der Waals surface area contributed by atoms with Gasteiger partial charge in [0.2, 0.25) is 11.8 Å². The van der Waals surface area contributed by atoms with Crippen LogP contribution in [0.1, 0.15) is 118 Å². The number of hydrogen-bond donors (Lipinski definition) is 2. The molecule has 0 saturated heterocycles. The van der Waals surface area contributed by atoms with Gasteiger partial charge in [-0.05, 0) is 104 Å². The van der Waals surface area contributed by atoms with E-state index in [2.05, 4.69) is 24.5 Å². The average molecular weight is 546 g/mol. The summed E-state index contributed by atoms with van der Waals surface area (Å²) in [5.41, 5.74) is 1.73. The molecule has 4 unspecified atom stereocenters. The van der Waals surface area contributed by atoms with E-state index >= 15 is 0 Å². The van der Waals surface area contributed by atoms with Gasteiger partial charge in [0, 0.05) is 11.6 Å². The second-order valence-corrected chi connectivity index (χ2v) is 13.6. The van der Waals surface area contributed by atoms with Gasteiger partial charge in [-0.2, -0.15) is 0 Å². The molecule has 0 bridgehead atoms. The second-order valence-electron chi connectivity index (χ2n) is 13.6. The van der Waals surface area contributed by atoms with Gasteiger partial charge in [0.05, 0.1) is 0 Å². The van der Waals surface area contributed by atoms with Crippen LogP contribution in [0.3, 0.4) is 0 Å². The summed E-state index contributed by atoms with van der Waals surface area (Å²) >= 11 is 0. The molecule has 7 nitrogen and oxygen atoms in total. The van der Waals surface area contributed by atoms with Crippen molar-refractivity contribution in [1.82, 2.24) is 15.5 Å². The van der Waals surface area contributed by atoms with Gasteiger partial charge in [-0.3, -0.25) is 9.59 Å². The van der Waals surface area contributed by atoms with Crippen LogP contribution in [-0.4, -0.2) is 46.0 Å². The third-order valence-electron chi connectivity index (χ3n) is 6.91. The fourth-order valence-electron chi connectivity index (χ4n) is 4.40. The van der Waals surface area contributed by atoms with Crippen molar-refractivity contribution in [3.05, 3.63) is 34.9 Å². The maximum absolute atomic E-state index is 14.5. The zero-order valence-electron chi connectivity index (χ0n) is 26.8. The minimum absolute atomic E-state index is 0.170. The minimum atomic E-state index is -0.856. The molecule has 1 aromatic carbocycles. The molecule has 1 aromatic rings. The molecular formula is C32H55N3O4. The summed E-state index contributed by atoms with van der Waals surface area (Å²) in [5, 5.41) is 5.97. The highest BCUT2D eigenvalue weighted by molar-refractivity contribution is 5.92. The first-order valence-electron chi connectivity index (χ1n) is 14.5. The van der Waals surface area contributed by atoms with Crippen LogP contribution in [-0.2, 0) is 14.3 Å². The summed E-state index contributed by atoms with van der Waals surface area (Å²) in [6, 6.07) is 3.98. The van der Waals surface area contributed by atoms with Gasteiger partial charge in [-0.1, -0.05) is 52.3 Å². The first-order valence-corrected chi connectivity index (χ1v) is 14.5. The molecule has 0 spiro atoms. The summed E-state index contributed by atoms with van der Waals surface area (Å²) in [6.07, 6.45) is 1.66. The minimum Gasteiger partial charge on any atom is -0.444 e. The molecular weight excluding hydrogens is 490 g/mol. The molecule has 39 heavy (non-hydrogen) atoms. The van der Waals surface area contributed by atoms with Crippen LogP contribution in [0.2, 0.25) is 0 Å². The highest BCUT2D eigenvalue weighted by Gasteiger charge is 2.41. The molecule has 0 radical (unpaired) electrons. The number of benzene rings is 1. The fraction of sp³-hybridized carbons (Fsp3) is 0.719. The Bertz CT molecular complexity index is 975. The van der Waals surface area contributed by atoms with Gasteiger partial charge >= 0.3 is 6.09 Å². The van der Waals surface area contributed by atoms with Crippen molar-refractivity contribution < 1.29 is 19.1 Å². The van der Waals surface area contributed by atoms with Gasteiger partial charge in [-0.15, -0.1) is 0 Å². The lowest BCUT2D eigenvalue weighted by atomic mass is 9.92. The van der Waals surface area contributed by atoms with E-state index in [1.54, 1.807) is 25.7 Å². The van der Waals surface area contributed by atoms with Crippen molar-refractivity contribution in [3.63, 3.8) is 0 Å². The normalized spacial score (nSPS) is 15.2. The summed E-state index contributed by atoms with van der Waals surface area (Å²) < 4.78 is 5.52. The summed E-state index contributed by atoms with van der Waals surface area (Å²) in [6.45, 7) is 25.4. The Morgan fingerprint density at radius 2 is 1.51 bits per heavy atom. The van der Waals surface area contributed by atoms with E-state index in [1.807, 2.05) is 73.6 Å². The van der Waals surface area contributed by atoms with E-state index in [4.69, 9.17) is 4.74 Å². The summed E-state index contributed by atoms with van der Waals surface area (Å²) in [7, 11) is 0. The quantitative estimate of drug-likeness (QED) is 0.318. The molecule has 222 valence electrons. The zero-order valence-corrected chi connectivity index (χ0v) is 26.8. The fourth-order valence-corrected chi connectivity index (χ4v) is 4.40. The number of rotatable bonds is 11. The number of carbonyl (C=O) groups excluding carboxylic acids is 3. The predicted octanol–water partition coefficient (Wildman–Crippen LogP) is 6.85. The lowest BCUT2D eigenvalue weighted by Gasteiger charge is -2.41. The third kappa shape index (κ3) is 11.2. The van der Waals surface area contributed by atoms with Crippen LogP contribution in [0.5, 0.6) is 0 Å². The molecule has 2 N–H and O–H groups in total. The number of ether oxygens (including phenoxy) is 1. The van der Waals surface area contributed by atoms with Crippen molar-refractivity contribution in [2.24, 2.45) is 11.8 Å². The summed E-state index contributed by atoms with van der Waals surface area (Å²) in [5.74, 6) is -0.247. The van der Waals surface area contributed by atoms with Crippen LogP contribution >= 0.6 is 0 Å². The van der Waals surface area contributed by atoms with Crippen molar-refractivity contribution in [3.8, 4) is 0 Å². The van der Waals surface area contributed by atoms with Crippen LogP contribution in [0.15, 0.2) is 18.2 Å². The second kappa shape index (κ2) is 14.2. The highest BCUT2D eigenvalue weighted by Crippen LogP contribution is 2.30. The molecule has 0 fully saturated rings. The maximum Gasteiger partial charge on any atom is 0.408 e. The van der Waals surface area contributed by atoms with Crippen molar-refractivity contribution in [2.75, 3.05) is 0 Å². The molecule has 0 heterocycles. The average Bonchev–Trinajstić information content (AvgIpc) is 2.78. The first-order chi connectivity index (χ1) is 17.8. The molecule has 0 aliphatic rings. The predicted molar refractivity (Wildman–Crippen MR) is 160 cm³/mol. The van der Waals surface area contributed by atoms with Crippen LogP contribution in [0.4, 0.5) is 4.79 Å². The Morgan fingerprint density at radius 1 is 0.923 bits per heavy atom. The van der Waals surface area contributed by atoms with Crippen LogP contribution in [0.25, 0.3) is 0 Å². The van der Waals surface area contributed by atoms with E-state index in [1.165, 1.54) is 0 Å². The highest BCUT2D eigenvalue weighted by atomic mass is 16.6. The molecule has 0 saturated carbocycles. The standard InChI is InChI=1S/C32H55N3O4/c1-14-21(4)26(33-30(38)39-32(11,12)13)29(37)35(24(7)17-15-20(2)3)27(28(36)34-31(8,9)10)25-18-16-22(5)23(6)19-25/h16,18-21,24,26-27H,14-15,17H2,1-13H3,(H,33,38)(H,34,36). The van der Waals surface area contributed by atoms with Crippen LogP contribution < -0.4 is 10.6 Å². The maximum atomic E-state index is 14.5. The Hall–Kier alpha value is -2.57. The molecule has 7 heteroatoms. The topological polar surface area (TPSA) is 87.7 Å². The third-order valence-corrected chi connectivity index (χ3v) is 6.91. The van der Waals surface area contributed by atoms with Gasteiger partial charge in [0.1, 0.15) is 17.7 Å². The largest absolute Gasteiger partial charge is 0.444 e. The zero-order chi connectivity index (χ0) is 30.3. The van der Waals surface area contributed by atoms with Crippen molar-refractivity contribution in [1.29, 1.82) is 0 Å². The number of amides is 3. The van der Waals surface area contributed by atoms with Crippen LogP contribution in [0, 0.1) is 25.7 Å². The molecule has 0 aromatic heterocycles. The van der Waals surface area contributed by atoms with E-state index in [9.17, 15) is 14.4 Å². The van der Waals surface area contributed by atoms with Gasteiger partial charge < -0.3 is 20.3 Å². The number of aryl methyl sites for hydroxylation is 2. The number of alkyl carbamates (subject to hydrolysis) is 1. The Balaban J connectivity index is 3.74. The van der Waals surface area contributed by atoms with Crippen molar-refractivity contribution in [2.45, 2.75) is 139 Å². The first kappa shape index (κ1) is 34.5. The number of carbonyl (C=O) groups is 3. The SMILES string of the molecule is CCC(C)C(NC(=O)OC(C)(C)C)C(=O)N(C(C)CCC(C)C)C(C(=O)NC(C)(C)C)c1ccc(C)c(C)c1. The van der Waals surface area contributed by atoms with Gasteiger partial charge in [-0.25, -0.2) is 4.79 Å². The van der Waals surface area contributed by atoms with Gasteiger partial charge in [0.15, 0.2) is 0 Å². The lowest BCUT2D eigenvalue weighted by Crippen LogP contribution is -2.58. The van der Waals surface area contributed by atoms with Gasteiger partial charge in [0.25, 0.3) is 0 Å². The Morgan fingerprint density at radius 3 is 1.97 bits per heavy atom. The lowest BCUT2D eigenvalue weighted by molar-refractivity contribution is -0.146. The molecule has 1 rings (SSSR count). The smallest absolute Gasteiger partial charge is 0.408 e. The Kier molecular flexibility index (Phi) is 12.5. The van der Waals surface area contributed by atoms with Crippen molar-refractivity contribution >= 4 is 17.9 Å². The number of nitrogens with zero attached hydrogens (tertiary/aromatic N) is 1.